The van der Waals surface area contributed by atoms with Crippen LogP contribution in [0.5, 0.6) is 0 Å². The molecule has 3 aromatic carbocycles. The highest BCUT2D eigenvalue weighted by molar-refractivity contribution is 6.01. The van der Waals surface area contributed by atoms with Crippen molar-refractivity contribution in [1.82, 2.24) is 9.47 Å². The monoisotopic (exact) mass is 520 g/mol. The Bertz CT molecular complexity index is 1490. The average Bonchev–Trinajstić information content (AvgIpc) is 3.43. The molecule has 0 aliphatic carbocycles. The van der Waals surface area contributed by atoms with Crippen molar-refractivity contribution < 1.29 is 9.59 Å². The lowest BCUT2D eigenvalue weighted by molar-refractivity contribution is -0.119. The van der Waals surface area contributed by atoms with Crippen LogP contribution < -0.4 is 10.2 Å². The fourth-order valence-electron chi connectivity index (χ4n) is 5.19. The van der Waals surface area contributed by atoms with E-state index in [1.165, 1.54) is 5.56 Å². The predicted octanol–water partition coefficient (Wildman–Crippen LogP) is 7.17. The zero-order valence-electron chi connectivity index (χ0n) is 23.1. The summed E-state index contributed by atoms with van der Waals surface area (Å²) in [5, 5.41) is 3.02. The van der Waals surface area contributed by atoms with Gasteiger partial charge in [0, 0.05) is 18.4 Å². The van der Waals surface area contributed by atoms with Crippen LogP contribution in [0.25, 0.3) is 5.69 Å². The summed E-state index contributed by atoms with van der Waals surface area (Å²) in [5.41, 5.74) is 8.01. The minimum Gasteiger partial charge on any atom is -0.316 e. The number of unbranched alkanes of at least 4 members (excludes halogenated alkanes) is 1. The summed E-state index contributed by atoms with van der Waals surface area (Å²) < 4.78 is 2.16. The smallest absolute Gasteiger partial charge is 0.316 e. The van der Waals surface area contributed by atoms with E-state index in [9.17, 15) is 9.59 Å². The molecule has 0 saturated carbocycles. The Kier molecular flexibility index (Phi) is 7.55. The molecule has 5 rings (SSSR count). The summed E-state index contributed by atoms with van der Waals surface area (Å²) in [6, 6.07) is 25.7. The van der Waals surface area contributed by atoms with Gasteiger partial charge in [-0.3, -0.25) is 9.69 Å². The van der Waals surface area contributed by atoms with Gasteiger partial charge in [-0.05, 0) is 80.3 Å². The molecule has 1 aliphatic heterocycles. The summed E-state index contributed by atoms with van der Waals surface area (Å²) in [6.45, 7) is 8.70. The summed E-state index contributed by atoms with van der Waals surface area (Å²) in [6.07, 6.45) is 3.78. The van der Waals surface area contributed by atoms with Gasteiger partial charge in [-0.2, -0.15) is 0 Å². The third-order valence-corrected chi connectivity index (χ3v) is 7.53. The van der Waals surface area contributed by atoms with Gasteiger partial charge in [0.1, 0.15) is 12.6 Å². The van der Waals surface area contributed by atoms with Crippen LogP contribution in [0.2, 0.25) is 0 Å². The van der Waals surface area contributed by atoms with Gasteiger partial charge >= 0.3 is 6.03 Å². The van der Waals surface area contributed by atoms with Gasteiger partial charge in [0.05, 0.1) is 17.1 Å². The van der Waals surface area contributed by atoms with E-state index in [0.29, 0.717) is 6.54 Å². The highest BCUT2D eigenvalue weighted by Gasteiger charge is 2.36. The number of nitrogens with one attached hydrogen (secondary N) is 1. The fourth-order valence-corrected chi connectivity index (χ4v) is 5.19. The van der Waals surface area contributed by atoms with E-state index < -0.39 is 0 Å². The van der Waals surface area contributed by atoms with Gasteiger partial charge in [-0.25, -0.2) is 4.79 Å². The maximum atomic E-state index is 14.3. The third kappa shape index (κ3) is 5.32. The van der Waals surface area contributed by atoms with Crippen LogP contribution in [0.15, 0.2) is 85.1 Å². The standard InChI is InChI=1S/C33H36N4O2/c1-5-6-19-35(33(39)34-27-18-15-24(3)25(4)21-27)22-31(38)37-29-11-8-7-10-28(29)36-20-9-12-30(36)32(37)26-16-13-23(2)14-17-26/h7-18,20-21,32H,5-6,19,22H2,1-4H3,(H,34,39). The number of para-hydroxylation sites is 2. The molecule has 2 heterocycles. The van der Waals surface area contributed by atoms with Crippen molar-refractivity contribution in [2.24, 2.45) is 0 Å². The molecule has 0 radical (unpaired) electrons. The number of rotatable bonds is 7. The van der Waals surface area contributed by atoms with Crippen LogP contribution in [0, 0.1) is 20.8 Å². The number of anilines is 2. The van der Waals surface area contributed by atoms with Crippen LogP contribution in [-0.4, -0.2) is 34.5 Å². The lowest BCUT2D eigenvalue weighted by Gasteiger charge is -2.39. The average molecular weight is 521 g/mol. The number of fused-ring (bicyclic) bond motifs is 3. The Balaban J connectivity index is 1.49. The van der Waals surface area contributed by atoms with Crippen molar-refractivity contribution in [3.05, 3.63) is 113 Å². The summed E-state index contributed by atoms with van der Waals surface area (Å²) in [5.74, 6) is -0.119. The molecule has 0 bridgehead atoms. The maximum Gasteiger partial charge on any atom is 0.322 e. The highest BCUT2D eigenvalue weighted by Crippen LogP contribution is 2.42. The van der Waals surface area contributed by atoms with Crippen LogP contribution in [0.4, 0.5) is 16.2 Å². The lowest BCUT2D eigenvalue weighted by Crippen LogP contribution is -2.48. The van der Waals surface area contributed by atoms with Crippen LogP contribution >= 0.6 is 0 Å². The first-order valence-electron chi connectivity index (χ1n) is 13.7. The van der Waals surface area contributed by atoms with Crippen molar-refractivity contribution in [3.63, 3.8) is 0 Å². The van der Waals surface area contributed by atoms with Crippen molar-refractivity contribution in [1.29, 1.82) is 0 Å². The molecule has 1 N–H and O–H groups in total. The largest absolute Gasteiger partial charge is 0.322 e. The number of hydrogen-bond acceptors (Lipinski definition) is 2. The summed E-state index contributed by atoms with van der Waals surface area (Å²) >= 11 is 0. The van der Waals surface area contributed by atoms with E-state index in [2.05, 4.69) is 54.1 Å². The SMILES string of the molecule is CCCCN(CC(=O)N1c2ccccc2-n2cccc2C1c1ccc(C)cc1)C(=O)Nc1ccc(C)c(C)c1. The molecular formula is C33H36N4O2. The third-order valence-electron chi connectivity index (χ3n) is 7.53. The van der Waals surface area contributed by atoms with E-state index in [1.807, 2.05) is 73.5 Å². The quantitative estimate of drug-likeness (QED) is 0.281. The van der Waals surface area contributed by atoms with Gasteiger partial charge in [0.15, 0.2) is 0 Å². The van der Waals surface area contributed by atoms with Gasteiger partial charge in [0.2, 0.25) is 5.91 Å². The Labute approximate surface area is 230 Å². The maximum absolute atomic E-state index is 14.3. The Morgan fingerprint density at radius 3 is 2.33 bits per heavy atom. The topological polar surface area (TPSA) is 57.6 Å². The van der Waals surface area contributed by atoms with Crippen molar-refractivity contribution in [3.8, 4) is 5.69 Å². The molecule has 0 fully saturated rings. The Hall–Kier alpha value is -4.32. The first-order chi connectivity index (χ1) is 18.9. The number of urea groups is 1. The van der Waals surface area contributed by atoms with Crippen molar-refractivity contribution in [2.45, 2.75) is 46.6 Å². The number of amides is 3. The predicted molar refractivity (Wildman–Crippen MR) is 158 cm³/mol. The molecule has 0 spiro atoms. The molecule has 6 nitrogen and oxygen atoms in total. The van der Waals surface area contributed by atoms with Crippen molar-refractivity contribution in [2.75, 3.05) is 23.3 Å². The summed E-state index contributed by atoms with van der Waals surface area (Å²) in [7, 11) is 0. The molecule has 200 valence electrons. The zero-order chi connectivity index (χ0) is 27.5. The molecule has 6 heteroatoms. The van der Waals surface area contributed by atoms with Crippen LogP contribution in [0.3, 0.4) is 0 Å². The Morgan fingerprint density at radius 1 is 0.872 bits per heavy atom. The fraction of sp³-hybridized carbons (Fsp3) is 0.273. The molecule has 1 unspecified atom stereocenters. The molecular weight excluding hydrogens is 484 g/mol. The van der Waals surface area contributed by atoms with Crippen LogP contribution in [0.1, 0.15) is 53.8 Å². The molecule has 1 aliphatic rings. The number of benzene rings is 3. The second-order valence-electron chi connectivity index (χ2n) is 10.4. The van der Waals surface area contributed by atoms with E-state index >= 15 is 0 Å². The molecule has 4 aromatic rings. The number of carbonyl (C=O) groups excluding carboxylic acids is 2. The van der Waals surface area contributed by atoms with E-state index in [4.69, 9.17) is 0 Å². The molecule has 3 amide bonds. The van der Waals surface area contributed by atoms with E-state index in [1.54, 1.807) is 4.90 Å². The summed E-state index contributed by atoms with van der Waals surface area (Å²) in [4.78, 5) is 31.2. The number of nitrogens with zero attached hydrogens (tertiary/aromatic N) is 3. The zero-order valence-corrected chi connectivity index (χ0v) is 23.1. The van der Waals surface area contributed by atoms with E-state index in [-0.39, 0.29) is 24.5 Å². The highest BCUT2D eigenvalue weighted by atomic mass is 16.2. The molecule has 39 heavy (non-hydrogen) atoms. The molecule has 0 saturated heterocycles. The second-order valence-corrected chi connectivity index (χ2v) is 10.4. The minimum absolute atomic E-state index is 0.0198. The number of aryl methyl sites for hydroxylation is 3. The number of aromatic nitrogens is 1. The van der Waals surface area contributed by atoms with Gasteiger partial charge in [0.25, 0.3) is 0 Å². The lowest BCUT2D eigenvalue weighted by atomic mass is 9.97. The Morgan fingerprint density at radius 2 is 1.62 bits per heavy atom. The number of hydrogen-bond donors (Lipinski definition) is 1. The normalized spacial score (nSPS) is 13.9. The molecule has 1 aromatic heterocycles. The van der Waals surface area contributed by atoms with E-state index in [0.717, 1.165) is 52.3 Å². The number of carbonyl (C=O) groups is 2. The minimum atomic E-state index is -0.307. The van der Waals surface area contributed by atoms with Crippen LogP contribution in [-0.2, 0) is 4.79 Å². The first-order valence-corrected chi connectivity index (χ1v) is 13.7. The molecule has 1 atom stereocenters. The van der Waals surface area contributed by atoms with Crippen molar-refractivity contribution >= 4 is 23.3 Å². The van der Waals surface area contributed by atoms with Gasteiger partial charge in [-0.1, -0.05) is 61.4 Å². The second kappa shape index (κ2) is 11.2. The van der Waals surface area contributed by atoms with Gasteiger partial charge < -0.3 is 14.8 Å². The van der Waals surface area contributed by atoms with Gasteiger partial charge in [-0.15, -0.1) is 0 Å². The first kappa shape index (κ1) is 26.3.